The van der Waals surface area contributed by atoms with Crippen LogP contribution in [0.1, 0.15) is 11.1 Å². The number of hydrogen-bond acceptors (Lipinski definition) is 1. The molecule has 1 aliphatic carbocycles. The molecular weight excluding hydrogens is 256 g/mol. The van der Waals surface area contributed by atoms with Crippen molar-refractivity contribution >= 4 is 5.57 Å². The Balaban J connectivity index is 2.13. The molecule has 0 unspecified atom stereocenters. The summed E-state index contributed by atoms with van der Waals surface area (Å²) in [5, 5.41) is 9.58. The molecule has 0 saturated heterocycles. The molecule has 1 N–H and O–H groups in total. The lowest BCUT2D eigenvalue weighted by Crippen LogP contribution is -1.93. The van der Waals surface area contributed by atoms with E-state index >= 15 is 0 Å². The van der Waals surface area contributed by atoms with E-state index < -0.39 is 0 Å². The van der Waals surface area contributed by atoms with Crippen LogP contribution in [0.3, 0.4) is 0 Å². The number of aliphatic hydroxyl groups is 1. The highest BCUT2D eigenvalue weighted by Gasteiger charge is 2.08. The van der Waals surface area contributed by atoms with Gasteiger partial charge in [-0.15, -0.1) is 0 Å². The molecule has 21 heavy (non-hydrogen) atoms. The quantitative estimate of drug-likeness (QED) is 0.826. The summed E-state index contributed by atoms with van der Waals surface area (Å²) in [4.78, 5) is 0. The second kappa shape index (κ2) is 6.11. The number of hydrogen-bond donors (Lipinski definition) is 1. The molecule has 0 amide bonds. The van der Waals surface area contributed by atoms with Crippen LogP contribution in [-0.4, -0.2) is 5.11 Å². The Kier molecular flexibility index (Phi) is 3.85. The van der Waals surface area contributed by atoms with Gasteiger partial charge < -0.3 is 5.11 Å². The van der Waals surface area contributed by atoms with Gasteiger partial charge in [0.05, 0.1) is 6.61 Å². The minimum Gasteiger partial charge on any atom is -0.392 e. The van der Waals surface area contributed by atoms with Gasteiger partial charge in [0.2, 0.25) is 0 Å². The molecule has 1 aliphatic rings. The fourth-order valence-electron chi connectivity index (χ4n) is 2.34. The summed E-state index contributed by atoms with van der Waals surface area (Å²) < 4.78 is 0. The molecule has 0 heterocycles. The largest absolute Gasteiger partial charge is 0.392 e. The monoisotopic (exact) mass is 270 g/mol. The molecule has 0 spiro atoms. The Bertz CT molecular complexity index is 821. The van der Waals surface area contributed by atoms with Gasteiger partial charge in [-0.05, 0) is 57.9 Å². The van der Waals surface area contributed by atoms with Crippen LogP contribution in [0.15, 0.2) is 84.0 Å². The van der Waals surface area contributed by atoms with Crippen molar-refractivity contribution in [2.45, 2.75) is 6.61 Å². The molecule has 2 aromatic rings. The van der Waals surface area contributed by atoms with E-state index in [-0.39, 0.29) is 6.61 Å². The Morgan fingerprint density at radius 3 is 2.57 bits per heavy atom. The molecule has 3 rings (SSSR count). The van der Waals surface area contributed by atoms with Gasteiger partial charge in [-0.1, -0.05) is 53.9 Å². The summed E-state index contributed by atoms with van der Waals surface area (Å²) >= 11 is 0. The molecule has 2 aromatic carbocycles. The molecular formula is C20H14O. The lowest BCUT2D eigenvalue weighted by atomic mass is 9.94. The molecule has 0 fully saturated rings. The van der Waals surface area contributed by atoms with Gasteiger partial charge in [-0.2, -0.15) is 0 Å². The lowest BCUT2D eigenvalue weighted by Gasteiger charge is -2.11. The van der Waals surface area contributed by atoms with Crippen LogP contribution < -0.4 is 0 Å². The molecule has 1 heteroatoms. The molecule has 1 nitrogen and oxygen atoms in total. The molecule has 0 saturated carbocycles. The molecule has 0 aromatic heterocycles. The van der Waals surface area contributed by atoms with Gasteiger partial charge in [-0.25, -0.2) is 0 Å². The zero-order valence-electron chi connectivity index (χ0n) is 11.5. The smallest absolute Gasteiger partial charge is 0.0687 e. The summed E-state index contributed by atoms with van der Waals surface area (Å²) in [5.41, 5.74) is 13.8. The predicted molar refractivity (Wildman–Crippen MR) is 85.5 cm³/mol. The van der Waals surface area contributed by atoms with Gasteiger partial charge in [0.25, 0.3) is 0 Å². The van der Waals surface area contributed by atoms with Crippen LogP contribution in [0, 0.1) is 0 Å². The lowest BCUT2D eigenvalue weighted by molar-refractivity contribution is 0.281. The maximum absolute atomic E-state index is 9.58. The normalized spacial score (nSPS) is 12.3. The van der Waals surface area contributed by atoms with E-state index in [0.717, 1.165) is 27.8 Å². The predicted octanol–water partition coefficient (Wildman–Crippen LogP) is 4.26. The van der Waals surface area contributed by atoms with Gasteiger partial charge >= 0.3 is 0 Å². The minimum atomic E-state index is 0.0104. The van der Waals surface area contributed by atoms with Crippen LogP contribution >= 0.6 is 0 Å². The van der Waals surface area contributed by atoms with Crippen molar-refractivity contribution < 1.29 is 5.11 Å². The Morgan fingerprint density at radius 1 is 0.905 bits per heavy atom. The molecule has 0 radical (unpaired) electrons. The maximum Gasteiger partial charge on any atom is 0.0687 e. The van der Waals surface area contributed by atoms with Gasteiger partial charge in [-0.3, -0.25) is 0 Å². The van der Waals surface area contributed by atoms with Gasteiger partial charge in [0.15, 0.2) is 0 Å². The van der Waals surface area contributed by atoms with E-state index in [1.165, 1.54) is 0 Å². The molecule has 100 valence electrons. The van der Waals surface area contributed by atoms with E-state index in [9.17, 15) is 5.11 Å². The molecule has 0 aliphatic heterocycles. The zero-order chi connectivity index (χ0) is 14.5. The first kappa shape index (κ1) is 13.2. The van der Waals surface area contributed by atoms with Crippen molar-refractivity contribution in [3.63, 3.8) is 0 Å². The third-order valence-electron chi connectivity index (χ3n) is 3.42. The van der Waals surface area contributed by atoms with E-state index in [2.05, 4.69) is 35.4 Å². The van der Waals surface area contributed by atoms with E-state index in [0.29, 0.717) is 0 Å². The van der Waals surface area contributed by atoms with Crippen LogP contribution in [0.2, 0.25) is 0 Å². The van der Waals surface area contributed by atoms with E-state index in [1.807, 2.05) is 48.6 Å². The molecule has 0 atom stereocenters. The summed E-state index contributed by atoms with van der Waals surface area (Å²) in [7, 11) is 0. The Labute approximate surface area is 124 Å². The first-order chi connectivity index (χ1) is 10.4. The number of rotatable bonds is 3. The van der Waals surface area contributed by atoms with Crippen molar-refractivity contribution in [2.75, 3.05) is 0 Å². The summed E-state index contributed by atoms with van der Waals surface area (Å²) in [6, 6.07) is 16.3. The minimum absolute atomic E-state index is 0.0104. The van der Waals surface area contributed by atoms with Crippen molar-refractivity contribution in [3.05, 3.63) is 95.1 Å². The maximum atomic E-state index is 9.58. The average molecular weight is 270 g/mol. The highest BCUT2D eigenvalue weighted by Crippen LogP contribution is 2.28. The van der Waals surface area contributed by atoms with Crippen molar-refractivity contribution in [1.29, 1.82) is 0 Å². The SMILES string of the molecule is OCc1ccc(-c2ccccc2)cc1C1=CC=C=C=C=C1. The Hall–Kier alpha value is -2.78. The summed E-state index contributed by atoms with van der Waals surface area (Å²) in [6.07, 6.45) is 5.62. The molecule has 0 bridgehead atoms. The van der Waals surface area contributed by atoms with Crippen LogP contribution in [0.5, 0.6) is 0 Å². The van der Waals surface area contributed by atoms with Crippen molar-refractivity contribution in [1.82, 2.24) is 0 Å². The number of allylic oxidation sites excluding steroid dienone is 4. The summed E-state index contributed by atoms with van der Waals surface area (Å²) in [5.74, 6) is 0. The van der Waals surface area contributed by atoms with Crippen LogP contribution in [0.25, 0.3) is 16.7 Å². The summed E-state index contributed by atoms with van der Waals surface area (Å²) in [6.45, 7) is 0.0104. The fraction of sp³-hybridized carbons (Fsp3) is 0.0500. The van der Waals surface area contributed by atoms with Crippen LogP contribution in [-0.2, 0) is 6.61 Å². The van der Waals surface area contributed by atoms with Gasteiger partial charge in [0, 0.05) is 0 Å². The second-order valence-electron chi connectivity index (χ2n) is 4.74. The first-order valence-electron chi connectivity index (χ1n) is 6.81. The third kappa shape index (κ3) is 2.88. The second-order valence-corrected chi connectivity index (χ2v) is 4.74. The van der Waals surface area contributed by atoms with Crippen LogP contribution in [0.4, 0.5) is 0 Å². The number of benzene rings is 2. The van der Waals surface area contributed by atoms with Crippen molar-refractivity contribution in [2.24, 2.45) is 0 Å². The topological polar surface area (TPSA) is 20.2 Å². The third-order valence-corrected chi connectivity index (χ3v) is 3.42. The fourth-order valence-corrected chi connectivity index (χ4v) is 2.34. The van der Waals surface area contributed by atoms with E-state index in [1.54, 1.807) is 0 Å². The first-order valence-corrected chi connectivity index (χ1v) is 6.81. The highest BCUT2D eigenvalue weighted by atomic mass is 16.3. The van der Waals surface area contributed by atoms with E-state index in [4.69, 9.17) is 0 Å². The zero-order valence-corrected chi connectivity index (χ0v) is 11.5. The van der Waals surface area contributed by atoms with Crippen molar-refractivity contribution in [3.8, 4) is 11.1 Å². The highest BCUT2D eigenvalue weighted by molar-refractivity contribution is 5.80. The Morgan fingerprint density at radius 2 is 1.76 bits per heavy atom. The van der Waals surface area contributed by atoms with Gasteiger partial charge in [0.1, 0.15) is 0 Å². The number of aliphatic hydroxyl groups excluding tert-OH is 1. The standard InChI is InChI=1S/C20H14O/c21-15-19-13-12-18(16-8-6-3-7-9-16)14-20(19)17-10-4-1-2-5-11-17/h3-4,6-14,21H,15H2. The average Bonchev–Trinajstić information content (AvgIpc) is 2.84.